The Morgan fingerprint density at radius 1 is 1.36 bits per heavy atom. The number of nitrogens with one attached hydrogen (secondary N) is 1. The van der Waals surface area contributed by atoms with Crippen LogP contribution in [0.15, 0.2) is 10.6 Å². The minimum atomic E-state index is -1.11. The third-order valence-electron chi connectivity index (χ3n) is 3.64. The standard InChI is InChI=1S/C15H14Cl2FN3O4/c1-6-10(7(2)25-20-6)15(3,4)19-14(22)8-5-9(18)12(17)13(11(8)16)21(23)24/h5H,1-4H3,(H,19,22). The maximum atomic E-state index is 13.9. The molecular weight excluding hydrogens is 376 g/mol. The van der Waals surface area contributed by atoms with Crippen LogP contribution in [0, 0.1) is 29.8 Å². The van der Waals surface area contributed by atoms with Crippen LogP contribution in [0.1, 0.15) is 41.2 Å². The van der Waals surface area contributed by atoms with Crippen molar-refractivity contribution in [1.29, 1.82) is 0 Å². The number of nitro benzene ring substituents is 1. The Morgan fingerprint density at radius 2 is 1.96 bits per heavy atom. The van der Waals surface area contributed by atoms with Crippen molar-refractivity contribution in [3.63, 3.8) is 0 Å². The van der Waals surface area contributed by atoms with Gasteiger partial charge < -0.3 is 9.84 Å². The molecule has 0 radical (unpaired) electrons. The van der Waals surface area contributed by atoms with Gasteiger partial charge in [-0.1, -0.05) is 28.4 Å². The third kappa shape index (κ3) is 3.45. The van der Waals surface area contributed by atoms with Crippen molar-refractivity contribution in [3.05, 3.63) is 54.6 Å². The predicted molar refractivity (Wildman–Crippen MR) is 89.5 cm³/mol. The molecule has 0 aliphatic rings. The van der Waals surface area contributed by atoms with Gasteiger partial charge in [-0.25, -0.2) is 4.39 Å². The Bertz CT molecular complexity index is 861. The van der Waals surface area contributed by atoms with E-state index in [4.69, 9.17) is 27.7 Å². The zero-order valence-electron chi connectivity index (χ0n) is 13.7. The van der Waals surface area contributed by atoms with Crippen LogP contribution < -0.4 is 5.32 Å². The summed E-state index contributed by atoms with van der Waals surface area (Å²) in [7, 11) is 0. The molecule has 0 spiro atoms. The highest BCUT2D eigenvalue weighted by molar-refractivity contribution is 6.40. The third-order valence-corrected chi connectivity index (χ3v) is 4.39. The Kier molecular flexibility index (Phi) is 5.06. The number of hydrogen-bond donors (Lipinski definition) is 1. The van der Waals surface area contributed by atoms with Crippen molar-refractivity contribution in [2.45, 2.75) is 33.2 Å². The number of nitrogens with zero attached hydrogens (tertiary/aromatic N) is 2. The molecule has 25 heavy (non-hydrogen) atoms. The molecule has 0 saturated heterocycles. The van der Waals surface area contributed by atoms with Gasteiger partial charge in [-0.3, -0.25) is 14.9 Å². The van der Waals surface area contributed by atoms with Gasteiger partial charge in [-0.15, -0.1) is 0 Å². The van der Waals surface area contributed by atoms with E-state index in [0.29, 0.717) is 17.0 Å². The van der Waals surface area contributed by atoms with Crippen LogP contribution in [-0.2, 0) is 5.54 Å². The summed E-state index contributed by atoms with van der Waals surface area (Å²) in [6, 6.07) is 0.760. The van der Waals surface area contributed by atoms with Gasteiger partial charge in [-0.05, 0) is 33.8 Å². The van der Waals surface area contributed by atoms with Crippen molar-refractivity contribution in [2.75, 3.05) is 0 Å². The molecule has 7 nitrogen and oxygen atoms in total. The Morgan fingerprint density at radius 3 is 2.44 bits per heavy atom. The fourth-order valence-corrected chi connectivity index (χ4v) is 3.28. The first kappa shape index (κ1) is 19.1. The van der Waals surface area contributed by atoms with Gasteiger partial charge in [0.1, 0.15) is 16.6 Å². The highest BCUT2D eigenvalue weighted by Crippen LogP contribution is 2.37. The summed E-state index contributed by atoms with van der Waals surface area (Å²) in [4.78, 5) is 22.7. The molecule has 1 aromatic carbocycles. The molecule has 0 fully saturated rings. The van der Waals surface area contributed by atoms with Gasteiger partial charge in [0.15, 0.2) is 5.02 Å². The molecule has 1 amide bonds. The lowest BCUT2D eigenvalue weighted by molar-refractivity contribution is -0.384. The first-order valence-corrected chi connectivity index (χ1v) is 7.80. The zero-order chi connectivity index (χ0) is 19.1. The van der Waals surface area contributed by atoms with Gasteiger partial charge >= 0.3 is 5.69 Å². The molecule has 2 aromatic rings. The molecule has 1 aromatic heterocycles. The van der Waals surface area contributed by atoms with Crippen LogP contribution in [0.3, 0.4) is 0 Å². The van der Waals surface area contributed by atoms with Crippen LogP contribution in [0.5, 0.6) is 0 Å². The largest absolute Gasteiger partial charge is 0.361 e. The number of halogens is 3. The maximum Gasteiger partial charge on any atom is 0.310 e. The van der Waals surface area contributed by atoms with Crippen molar-refractivity contribution >= 4 is 34.8 Å². The molecule has 134 valence electrons. The second-order valence-corrected chi connectivity index (χ2v) is 6.67. The molecular formula is C15H14Cl2FN3O4. The van der Waals surface area contributed by atoms with Gasteiger partial charge in [0.25, 0.3) is 5.91 Å². The summed E-state index contributed by atoms with van der Waals surface area (Å²) < 4.78 is 19.0. The van der Waals surface area contributed by atoms with Crippen molar-refractivity contribution in [2.24, 2.45) is 0 Å². The van der Waals surface area contributed by atoms with Crippen LogP contribution in [0.2, 0.25) is 10.0 Å². The second-order valence-electron chi connectivity index (χ2n) is 5.92. The molecule has 0 atom stereocenters. The molecule has 2 rings (SSSR count). The smallest absolute Gasteiger partial charge is 0.310 e. The molecule has 0 saturated carbocycles. The average molecular weight is 390 g/mol. The second kappa shape index (κ2) is 6.61. The van der Waals surface area contributed by atoms with Crippen LogP contribution in [-0.4, -0.2) is 16.0 Å². The van der Waals surface area contributed by atoms with Crippen LogP contribution >= 0.6 is 23.2 Å². The molecule has 0 bridgehead atoms. The van der Waals surface area contributed by atoms with E-state index in [1.165, 1.54) is 0 Å². The monoisotopic (exact) mass is 389 g/mol. The first-order chi connectivity index (χ1) is 11.5. The van der Waals surface area contributed by atoms with E-state index < -0.39 is 43.5 Å². The average Bonchev–Trinajstić information content (AvgIpc) is 2.81. The lowest BCUT2D eigenvalue weighted by atomic mass is 9.92. The Balaban J connectivity index is 2.47. The van der Waals surface area contributed by atoms with Crippen molar-refractivity contribution in [1.82, 2.24) is 10.5 Å². The van der Waals surface area contributed by atoms with Crippen LogP contribution in [0.25, 0.3) is 0 Å². The summed E-state index contributed by atoms with van der Waals surface area (Å²) in [5.41, 5.74) is -0.985. The summed E-state index contributed by atoms with van der Waals surface area (Å²) >= 11 is 11.5. The SMILES string of the molecule is Cc1noc(C)c1C(C)(C)NC(=O)c1cc(F)c(Cl)c([N+](=O)[O-])c1Cl. The molecule has 0 aliphatic carbocycles. The van der Waals surface area contributed by atoms with E-state index in [0.717, 1.165) is 6.07 Å². The van der Waals surface area contributed by atoms with Crippen molar-refractivity contribution in [3.8, 4) is 0 Å². The summed E-state index contributed by atoms with van der Waals surface area (Å²) in [6.07, 6.45) is 0. The van der Waals surface area contributed by atoms with Gasteiger partial charge in [0.2, 0.25) is 0 Å². The predicted octanol–water partition coefficient (Wildman–Crippen LogP) is 4.31. The molecule has 1 N–H and O–H groups in total. The minimum Gasteiger partial charge on any atom is -0.361 e. The number of rotatable bonds is 4. The van der Waals surface area contributed by atoms with Gasteiger partial charge in [0, 0.05) is 5.56 Å². The summed E-state index contributed by atoms with van der Waals surface area (Å²) in [5.74, 6) is -1.41. The molecule has 0 unspecified atom stereocenters. The maximum absolute atomic E-state index is 13.9. The summed E-state index contributed by atoms with van der Waals surface area (Å²) in [6.45, 7) is 6.76. The van der Waals surface area contributed by atoms with Gasteiger partial charge in [0.05, 0.1) is 21.7 Å². The fraction of sp³-hybridized carbons (Fsp3) is 0.333. The zero-order valence-corrected chi connectivity index (χ0v) is 15.3. The van der Waals surface area contributed by atoms with Gasteiger partial charge in [-0.2, -0.15) is 0 Å². The minimum absolute atomic E-state index is 0.393. The number of carbonyl (C=O) groups is 1. The van der Waals surface area contributed by atoms with E-state index in [2.05, 4.69) is 10.5 Å². The quantitative estimate of drug-likeness (QED) is 0.477. The topological polar surface area (TPSA) is 98.3 Å². The highest BCUT2D eigenvalue weighted by atomic mass is 35.5. The normalized spacial score (nSPS) is 11.5. The molecule has 1 heterocycles. The number of carbonyl (C=O) groups excluding carboxylic acids is 1. The number of benzene rings is 1. The Labute approximate surface area is 152 Å². The van der Waals surface area contributed by atoms with E-state index >= 15 is 0 Å². The highest BCUT2D eigenvalue weighted by Gasteiger charge is 2.33. The molecule has 0 aliphatic heterocycles. The lowest BCUT2D eigenvalue weighted by Crippen LogP contribution is -2.41. The number of aromatic nitrogens is 1. The Hall–Kier alpha value is -2.19. The van der Waals surface area contributed by atoms with Crippen LogP contribution in [0.4, 0.5) is 10.1 Å². The number of nitro groups is 1. The molecule has 10 heteroatoms. The fourth-order valence-electron chi connectivity index (χ4n) is 2.70. The van der Waals surface area contributed by atoms with E-state index in [1.807, 2.05) is 0 Å². The first-order valence-electron chi connectivity index (χ1n) is 7.05. The number of hydrogen-bond acceptors (Lipinski definition) is 5. The number of aryl methyl sites for hydroxylation is 2. The van der Waals surface area contributed by atoms with E-state index in [9.17, 15) is 19.3 Å². The van der Waals surface area contributed by atoms with E-state index in [-0.39, 0.29) is 0 Å². The van der Waals surface area contributed by atoms with E-state index in [1.54, 1.807) is 27.7 Å². The summed E-state index contributed by atoms with van der Waals surface area (Å²) in [5, 5.41) is 16.2. The lowest BCUT2D eigenvalue weighted by Gasteiger charge is -2.26. The number of amides is 1. The van der Waals surface area contributed by atoms with Crippen molar-refractivity contribution < 1.29 is 18.6 Å².